The van der Waals surface area contributed by atoms with Gasteiger partial charge in [-0.15, -0.1) is 0 Å². The molecule has 6 heteroatoms. The first-order valence-corrected chi connectivity index (χ1v) is 7.33. The summed E-state index contributed by atoms with van der Waals surface area (Å²) in [5.41, 5.74) is 0.888. The number of nitrogens with zero attached hydrogens (tertiary/aromatic N) is 4. The van der Waals surface area contributed by atoms with Gasteiger partial charge in [-0.1, -0.05) is 16.8 Å². The molecule has 2 aromatic rings. The van der Waals surface area contributed by atoms with Crippen LogP contribution in [0.5, 0.6) is 0 Å². The van der Waals surface area contributed by atoms with Gasteiger partial charge in [0.05, 0.1) is 18.5 Å². The van der Waals surface area contributed by atoms with Crippen LogP contribution in [0.2, 0.25) is 5.02 Å². The molecule has 0 aliphatic carbocycles. The molecule has 1 saturated heterocycles. The highest BCUT2D eigenvalue weighted by Gasteiger charge is 2.25. The van der Waals surface area contributed by atoms with Gasteiger partial charge >= 0.3 is 0 Å². The number of likely N-dealkylation sites (tertiary alicyclic amines) is 1. The molecule has 1 aliphatic heterocycles. The second kappa shape index (κ2) is 6.25. The molecule has 1 atom stereocenters. The predicted octanol–water partition coefficient (Wildman–Crippen LogP) is 3.09. The maximum atomic E-state index is 8.80. The molecule has 1 aliphatic rings. The standard InChI is InChI=1S/C15H15ClN4O/c16-13-5-3-11(4-6-13)14-18-15(21-19-14)12-2-1-8-20(10-12)9-7-17/h3-6,12H,1-2,8-10H2/t12-/m0/s1. The Kier molecular flexibility index (Phi) is 4.18. The second-order valence-corrected chi connectivity index (χ2v) is 5.63. The summed E-state index contributed by atoms with van der Waals surface area (Å²) in [6.45, 7) is 2.22. The van der Waals surface area contributed by atoms with E-state index in [4.69, 9.17) is 21.4 Å². The molecule has 1 aromatic heterocycles. The van der Waals surface area contributed by atoms with Crippen molar-refractivity contribution in [1.29, 1.82) is 5.26 Å². The number of hydrogen-bond donors (Lipinski definition) is 0. The van der Waals surface area contributed by atoms with Gasteiger partial charge in [-0.2, -0.15) is 10.2 Å². The van der Waals surface area contributed by atoms with Crippen molar-refractivity contribution in [1.82, 2.24) is 15.0 Å². The fourth-order valence-corrected chi connectivity index (χ4v) is 2.74. The molecule has 0 bridgehead atoms. The van der Waals surface area contributed by atoms with E-state index >= 15 is 0 Å². The minimum atomic E-state index is 0.209. The van der Waals surface area contributed by atoms with Crippen molar-refractivity contribution in [3.63, 3.8) is 0 Å². The monoisotopic (exact) mass is 302 g/mol. The molecule has 21 heavy (non-hydrogen) atoms. The van der Waals surface area contributed by atoms with E-state index in [0.29, 0.717) is 23.3 Å². The summed E-state index contributed by atoms with van der Waals surface area (Å²) in [5, 5.41) is 13.5. The molecule has 0 amide bonds. The highest BCUT2D eigenvalue weighted by Crippen LogP contribution is 2.27. The number of nitriles is 1. The summed E-state index contributed by atoms with van der Waals surface area (Å²) < 4.78 is 5.41. The maximum absolute atomic E-state index is 8.80. The molecule has 3 rings (SSSR count). The molecular weight excluding hydrogens is 288 g/mol. The molecule has 0 radical (unpaired) electrons. The molecule has 0 N–H and O–H groups in total. The molecule has 1 fully saturated rings. The quantitative estimate of drug-likeness (QED) is 0.815. The molecule has 5 nitrogen and oxygen atoms in total. The molecular formula is C15H15ClN4O. The first kappa shape index (κ1) is 14.1. The molecule has 2 heterocycles. The first-order valence-electron chi connectivity index (χ1n) is 6.95. The van der Waals surface area contributed by atoms with Crippen LogP contribution in [0, 0.1) is 11.3 Å². The zero-order valence-corrected chi connectivity index (χ0v) is 12.3. The summed E-state index contributed by atoms with van der Waals surface area (Å²) in [6.07, 6.45) is 2.06. The zero-order valence-electron chi connectivity index (χ0n) is 11.5. The predicted molar refractivity (Wildman–Crippen MR) is 78.8 cm³/mol. The average molecular weight is 303 g/mol. The van der Waals surface area contributed by atoms with Gasteiger partial charge in [0.15, 0.2) is 0 Å². The van der Waals surface area contributed by atoms with E-state index in [1.807, 2.05) is 24.3 Å². The van der Waals surface area contributed by atoms with Crippen molar-refractivity contribution < 1.29 is 4.52 Å². The van der Waals surface area contributed by atoms with Gasteiger partial charge in [-0.3, -0.25) is 4.90 Å². The van der Waals surface area contributed by atoms with Crippen LogP contribution < -0.4 is 0 Å². The topological polar surface area (TPSA) is 66.0 Å². The third kappa shape index (κ3) is 3.23. The number of halogens is 1. The lowest BCUT2D eigenvalue weighted by Crippen LogP contribution is -2.34. The minimum absolute atomic E-state index is 0.209. The zero-order chi connectivity index (χ0) is 14.7. The highest BCUT2D eigenvalue weighted by molar-refractivity contribution is 6.30. The van der Waals surface area contributed by atoms with Gasteiger partial charge in [0.2, 0.25) is 11.7 Å². The first-order chi connectivity index (χ1) is 10.3. The van der Waals surface area contributed by atoms with E-state index in [1.165, 1.54) is 0 Å². The van der Waals surface area contributed by atoms with Crippen LogP contribution in [-0.4, -0.2) is 34.7 Å². The van der Waals surface area contributed by atoms with Crippen molar-refractivity contribution in [3.8, 4) is 17.5 Å². The number of rotatable bonds is 3. The maximum Gasteiger partial charge on any atom is 0.231 e. The van der Waals surface area contributed by atoms with Gasteiger partial charge < -0.3 is 4.52 Å². The Morgan fingerprint density at radius 2 is 2.19 bits per heavy atom. The Bertz CT molecular complexity index is 646. The van der Waals surface area contributed by atoms with Gasteiger partial charge in [0.1, 0.15) is 0 Å². The Hall–Kier alpha value is -1.90. The Morgan fingerprint density at radius 1 is 1.38 bits per heavy atom. The van der Waals surface area contributed by atoms with Crippen LogP contribution in [0.25, 0.3) is 11.4 Å². The molecule has 0 saturated carbocycles. The normalized spacial score (nSPS) is 19.3. The Morgan fingerprint density at radius 3 is 2.95 bits per heavy atom. The highest BCUT2D eigenvalue weighted by atomic mass is 35.5. The Balaban J connectivity index is 1.75. The number of piperidine rings is 1. The van der Waals surface area contributed by atoms with E-state index in [2.05, 4.69) is 21.1 Å². The van der Waals surface area contributed by atoms with Gasteiger partial charge in [-0.05, 0) is 43.7 Å². The SMILES string of the molecule is N#CCN1CCC[C@H](c2nc(-c3ccc(Cl)cc3)no2)C1. The summed E-state index contributed by atoms with van der Waals surface area (Å²) in [6, 6.07) is 9.56. The summed E-state index contributed by atoms with van der Waals surface area (Å²) in [4.78, 5) is 6.62. The van der Waals surface area contributed by atoms with Crippen molar-refractivity contribution >= 4 is 11.6 Å². The van der Waals surface area contributed by atoms with Crippen LogP contribution in [0.3, 0.4) is 0 Å². The third-order valence-corrected chi connectivity index (χ3v) is 3.95. The average Bonchev–Trinajstić information content (AvgIpc) is 2.98. The summed E-state index contributed by atoms with van der Waals surface area (Å²) in [7, 11) is 0. The number of benzene rings is 1. The van der Waals surface area contributed by atoms with Crippen molar-refractivity contribution in [2.75, 3.05) is 19.6 Å². The Labute approximate surface area is 128 Å². The van der Waals surface area contributed by atoms with Crippen LogP contribution in [0.15, 0.2) is 28.8 Å². The molecule has 108 valence electrons. The smallest absolute Gasteiger partial charge is 0.231 e. The van der Waals surface area contributed by atoms with Gasteiger partial charge in [-0.25, -0.2) is 0 Å². The fourth-order valence-electron chi connectivity index (χ4n) is 2.62. The lowest BCUT2D eigenvalue weighted by atomic mass is 9.98. The van der Waals surface area contributed by atoms with Crippen LogP contribution in [0.4, 0.5) is 0 Å². The number of aromatic nitrogens is 2. The van der Waals surface area contributed by atoms with E-state index < -0.39 is 0 Å². The third-order valence-electron chi connectivity index (χ3n) is 3.69. The van der Waals surface area contributed by atoms with Crippen LogP contribution in [-0.2, 0) is 0 Å². The van der Waals surface area contributed by atoms with Gasteiger partial charge in [0.25, 0.3) is 0 Å². The van der Waals surface area contributed by atoms with Crippen molar-refractivity contribution in [2.24, 2.45) is 0 Å². The summed E-state index contributed by atoms with van der Waals surface area (Å²) >= 11 is 5.88. The molecule has 0 spiro atoms. The van der Waals surface area contributed by atoms with Crippen LogP contribution >= 0.6 is 11.6 Å². The van der Waals surface area contributed by atoms with Crippen molar-refractivity contribution in [2.45, 2.75) is 18.8 Å². The van der Waals surface area contributed by atoms with Crippen LogP contribution in [0.1, 0.15) is 24.7 Å². The lowest BCUT2D eigenvalue weighted by molar-refractivity contribution is 0.204. The van der Waals surface area contributed by atoms with E-state index in [9.17, 15) is 0 Å². The van der Waals surface area contributed by atoms with E-state index in [1.54, 1.807) is 0 Å². The number of hydrogen-bond acceptors (Lipinski definition) is 5. The molecule has 1 aromatic carbocycles. The fraction of sp³-hybridized carbons (Fsp3) is 0.400. The van der Waals surface area contributed by atoms with Gasteiger partial charge in [0, 0.05) is 17.1 Å². The second-order valence-electron chi connectivity index (χ2n) is 5.20. The lowest BCUT2D eigenvalue weighted by Gasteiger charge is -2.28. The van der Waals surface area contributed by atoms with E-state index in [-0.39, 0.29) is 5.92 Å². The largest absolute Gasteiger partial charge is 0.339 e. The minimum Gasteiger partial charge on any atom is -0.339 e. The molecule has 0 unspecified atom stereocenters. The van der Waals surface area contributed by atoms with E-state index in [0.717, 1.165) is 31.5 Å². The summed E-state index contributed by atoms with van der Waals surface area (Å²) in [5.74, 6) is 1.45. The van der Waals surface area contributed by atoms with Crippen molar-refractivity contribution in [3.05, 3.63) is 35.2 Å².